The Bertz CT molecular complexity index is 375. The molecular formula is C11H16N2O2S2. The molecule has 94 valence electrons. The van der Waals surface area contributed by atoms with Crippen LogP contribution in [0.25, 0.3) is 0 Å². The summed E-state index contributed by atoms with van der Waals surface area (Å²) in [6.45, 7) is 4.80. The number of hydrogen-bond acceptors (Lipinski definition) is 5. The Morgan fingerprint density at radius 3 is 3.00 bits per heavy atom. The highest BCUT2D eigenvalue weighted by molar-refractivity contribution is 7.99. The summed E-state index contributed by atoms with van der Waals surface area (Å²) in [6.07, 6.45) is 0. The highest BCUT2D eigenvalue weighted by Crippen LogP contribution is 2.15. The average molecular weight is 272 g/mol. The second kappa shape index (κ2) is 6.37. The monoisotopic (exact) mass is 272 g/mol. The molecule has 0 aromatic carbocycles. The Balaban J connectivity index is 1.69. The molecule has 1 aromatic rings. The van der Waals surface area contributed by atoms with Crippen molar-refractivity contribution >= 4 is 29.0 Å². The summed E-state index contributed by atoms with van der Waals surface area (Å²) >= 11 is 3.29. The number of hydrogen-bond donors (Lipinski definition) is 0. The molecule has 2 rings (SSSR count). The normalized spacial score (nSPS) is 16.2. The molecule has 1 aromatic heterocycles. The van der Waals surface area contributed by atoms with E-state index in [1.165, 1.54) is 0 Å². The Labute approximate surface area is 109 Å². The van der Waals surface area contributed by atoms with Crippen LogP contribution >= 0.6 is 23.1 Å². The Morgan fingerprint density at radius 2 is 2.35 bits per heavy atom. The molecule has 1 saturated heterocycles. The summed E-state index contributed by atoms with van der Waals surface area (Å²) in [5, 5.41) is 3.14. The number of aryl methyl sites for hydroxylation is 1. The number of ether oxygens (including phenoxy) is 1. The molecule has 1 aliphatic rings. The van der Waals surface area contributed by atoms with Gasteiger partial charge in [0, 0.05) is 24.2 Å². The lowest BCUT2D eigenvalue weighted by molar-refractivity contribution is -0.132. The van der Waals surface area contributed by atoms with Crippen LogP contribution in [0.3, 0.4) is 0 Å². The number of nitrogens with zero attached hydrogens (tertiary/aromatic N) is 2. The molecule has 1 fully saturated rings. The number of morpholine rings is 1. The molecule has 0 unspecified atom stereocenters. The first-order valence-electron chi connectivity index (χ1n) is 5.60. The zero-order chi connectivity index (χ0) is 12.1. The largest absolute Gasteiger partial charge is 0.378 e. The fraction of sp³-hybridized carbons (Fsp3) is 0.636. The predicted octanol–water partition coefficient (Wildman–Crippen LogP) is 1.54. The lowest BCUT2D eigenvalue weighted by Gasteiger charge is -2.26. The van der Waals surface area contributed by atoms with Gasteiger partial charge in [-0.3, -0.25) is 4.79 Å². The average Bonchev–Trinajstić information content (AvgIpc) is 2.76. The molecule has 0 atom stereocenters. The van der Waals surface area contributed by atoms with Crippen LogP contribution in [-0.2, 0) is 15.3 Å². The van der Waals surface area contributed by atoms with Gasteiger partial charge in [-0.1, -0.05) is 0 Å². The number of aromatic nitrogens is 1. The van der Waals surface area contributed by atoms with Crippen molar-refractivity contribution < 1.29 is 9.53 Å². The second-order valence-corrected chi connectivity index (χ2v) is 5.89. The van der Waals surface area contributed by atoms with E-state index in [-0.39, 0.29) is 5.91 Å². The third-order valence-electron chi connectivity index (χ3n) is 2.51. The van der Waals surface area contributed by atoms with Gasteiger partial charge in [0.15, 0.2) is 0 Å². The highest BCUT2D eigenvalue weighted by Gasteiger charge is 2.16. The minimum absolute atomic E-state index is 0.213. The van der Waals surface area contributed by atoms with Gasteiger partial charge in [0.25, 0.3) is 0 Å². The van der Waals surface area contributed by atoms with E-state index in [0.717, 1.165) is 29.5 Å². The minimum atomic E-state index is 0.213. The zero-order valence-electron chi connectivity index (χ0n) is 9.85. The molecule has 17 heavy (non-hydrogen) atoms. The number of thioether (sulfide) groups is 1. The van der Waals surface area contributed by atoms with Crippen LogP contribution in [0.15, 0.2) is 5.38 Å². The Hall–Kier alpha value is -0.590. The van der Waals surface area contributed by atoms with E-state index < -0.39 is 0 Å². The molecular weight excluding hydrogens is 256 g/mol. The Morgan fingerprint density at radius 1 is 1.59 bits per heavy atom. The van der Waals surface area contributed by atoms with Crippen molar-refractivity contribution in [2.45, 2.75) is 12.7 Å². The van der Waals surface area contributed by atoms with Crippen LogP contribution in [0.2, 0.25) is 0 Å². The molecule has 0 radical (unpaired) electrons. The van der Waals surface area contributed by atoms with E-state index in [0.29, 0.717) is 19.0 Å². The maximum atomic E-state index is 11.8. The fourth-order valence-corrected chi connectivity index (χ4v) is 3.16. The smallest absolute Gasteiger partial charge is 0.232 e. The lowest BCUT2D eigenvalue weighted by atomic mass is 10.4. The molecule has 2 heterocycles. The summed E-state index contributed by atoms with van der Waals surface area (Å²) in [6, 6.07) is 0. The van der Waals surface area contributed by atoms with Crippen molar-refractivity contribution in [1.82, 2.24) is 9.88 Å². The molecule has 0 aliphatic carbocycles. The van der Waals surface area contributed by atoms with E-state index >= 15 is 0 Å². The van der Waals surface area contributed by atoms with Gasteiger partial charge < -0.3 is 9.64 Å². The molecule has 4 nitrogen and oxygen atoms in total. The standard InChI is InChI=1S/C11H16N2O2S2/c1-9-12-10(7-17-9)6-16-8-11(14)13-2-4-15-5-3-13/h7H,2-6,8H2,1H3. The van der Waals surface area contributed by atoms with Gasteiger partial charge in [-0.2, -0.15) is 0 Å². The third-order valence-corrected chi connectivity index (χ3v) is 4.28. The first-order chi connectivity index (χ1) is 8.25. The van der Waals surface area contributed by atoms with Crippen LogP contribution in [0, 0.1) is 6.92 Å². The van der Waals surface area contributed by atoms with Gasteiger partial charge in [0.2, 0.25) is 5.91 Å². The number of amides is 1. The molecule has 0 N–H and O–H groups in total. The maximum absolute atomic E-state index is 11.8. The number of rotatable bonds is 4. The summed E-state index contributed by atoms with van der Waals surface area (Å²) in [4.78, 5) is 18.1. The summed E-state index contributed by atoms with van der Waals surface area (Å²) in [5.41, 5.74) is 1.08. The van der Waals surface area contributed by atoms with Crippen LogP contribution in [0.1, 0.15) is 10.7 Å². The van der Waals surface area contributed by atoms with Gasteiger partial charge in [0.1, 0.15) is 0 Å². The fourth-order valence-electron chi connectivity index (χ4n) is 1.62. The molecule has 6 heteroatoms. The van der Waals surface area contributed by atoms with Crippen molar-refractivity contribution in [3.8, 4) is 0 Å². The summed E-state index contributed by atoms with van der Waals surface area (Å²) in [5.74, 6) is 1.57. The molecule has 0 saturated carbocycles. The van der Waals surface area contributed by atoms with Crippen molar-refractivity contribution in [2.24, 2.45) is 0 Å². The zero-order valence-corrected chi connectivity index (χ0v) is 11.5. The topological polar surface area (TPSA) is 42.4 Å². The van der Waals surface area contributed by atoms with Crippen LogP contribution < -0.4 is 0 Å². The summed E-state index contributed by atoms with van der Waals surface area (Å²) < 4.78 is 5.22. The lowest BCUT2D eigenvalue weighted by Crippen LogP contribution is -2.41. The van der Waals surface area contributed by atoms with Crippen molar-refractivity contribution in [3.63, 3.8) is 0 Å². The highest BCUT2D eigenvalue weighted by atomic mass is 32.2. The van der Waals surface area contributed by atoms with E-state index in [1.54, 1.807) is 23.1 Å². The van der Waals surface area contributed by atoms with E-state index in [4.69, 9.17) is 4.74 Å². The van der Waals surface area contributed by atoms with Crippen molar-refractivity contribution in [2.75, 3.05) is 32.1 Å². The Kier molecular flexibility index (Phi) is 4.82. The van der Waals surface area contributed by atoms with Crippen molar-refractivity contribution in [3.05, 3.63) is 16.1 Å². The molecule has 0 bridgehead atoms. The van der Waals surface area contributed by atoms with Gasteiger partial charge in [-0.25, -0.2) is 4.98 Å². The molecule has 1 aliphatic heterocycles. The van der Waals surface area contributed by atoms with E-state index in [2.05, 4.69) is 10.4 Å². The molecule has 0 spiro atoms. The SMILES string of the molecule is Cc1nc(CSCC(=O)N2CCOCC2)cs1. The first-order valence-corrected chi connectivity index (χ1v) is 7.63. The predicted molar refractivity (Wildman–Crippen MR) is 70.4 cm³/mol. The second-order valence-electron chi connectivity index (χ2n) is 3.84. The van der Waals surface area contributed by atoms with Crippen LogP contribution in [0.4, 0.5) is 0 Å². The van der Waals surface area contributed by atoms with E-state index in [1.807, 2.05) is 11.8 Å². The first kappa shape index (κ1) is 12.9. The number of thiazole rings is 1. The quantitative estimate of drug-likeness (QED) is 0.834. The number of carbonyl (C=O) groups is 1. The third kappa shape index (κ3) is 3.97. The van der Waals surface area contributed by atoms with E-state index in [9.17, 15) is 4.79 Å². The van der Waals surface area contributed by atoms with Gasteiger partial charge >= 0.3 is 0 Å². The van der Waals surface area contributed by atoms with Gasteiger partial charge in [-0.05, 0) is 6.92 Å². The minimum Gasteiger partial charge on any atom is -0.378 e. The van der Waals surface area contributed by atoms with Gasteiger partial charge in [0.05, 0.1) is 29.7 Å². The van der Waals surface area contributed by atoms with Crippen molar-refractivity contribution in [1.29, 1.82) is 0 Å². The summed E-state index contributed by atoms with van der Waals surface area (Å²) in [7, 11) is 0. The maximum Gasteiger partial charge on any atom is 0.232 e. The van der Waals surface area contributed by atoms with Crippen LogP contribution in [-0.4, -0.2) is 47.8 Å². The van der Waals surface area contributed by atoms with Gasteiger partial charge in [-0.15, -0.1) is 23.1 Å². The number of carbonyl (C=O) groups excluding carboxylic acids is 1. The van der Waals surface area contributed by atoms with Crippen LogP contribution in [0.5, 0.6) is 0 Å². The molecule has 1 amide bonds.